The van der Waals surface area contributed by atoms with Gasteiger partial charge in [0.25, 0.3) is 0 Å². The number of morpholine rings is 1. The number of epoxide rings is 1. The van der Waals surface area contributed by atoms with E-state index in [1.807, 2.05) is 30.3 Å². The van der Waals surface area contributed by atoms with Crippen molar-refractivity contribution < 1.29 is 14.3 Å². The van der Waals surface area contributed by atoms with E-state index >= 15 is 0 Å². The van der Waals surface area contributed by atoms with Gasteiger partial charge in [-0.25, -0.2) is 0 Å². The van der Waals surface area contributed by atoms with Crippen molar-refractivity contribution in [2.45, 2.75) is 24.9 Å². The second-order valence-corrected chi connectivity index (χ2v) is 4.12. The summed E-state index contributed by atoms with van der Waals surface area (Å²) in [5.41, 5.74) is 1.00. The van der Waals surface area contributed by atoms with Gasteiger partial charge in [-0.15, -0.1) is 0 Å². The van der Waals surface area contributed by atoms with Crippen LogP contribution in [0.5, 0.6) is 0 Å². The standard InChI is InChI=1S/C12H13NO3/c14-12(10-11-9(16-11)6-13-10)15-7-8-4-2-1-3-5-8/h1-5,9-11,13H,6-7H2. The number of benzene rings is 1. The van der Waals surface area contributed by atoms with Gasteiger partial charge in [0, 0.05) is 6.54 Å². The SMILES string of the molecule is O=C(OCc1ccccc1)C1NCC2OC21. The van der Waals surface area contributed by atoms with Gasteiger partial charge in [0.1, 0.15) is 18.8 Å². The summed E-state index contributed by atoms with van der Waals surface area (Å²) in [5, 5.41) is 3.09. The quantitative estimate of drug-likeness (QED) is 0.593. The van der Waals surface area contributed by atoms with Crippen LogP contribution in [0.3, 0.4) is 0 Å². The maximum atomic E-state index is 11.7. The molecule has 3 atom stereocenters. The number of carbonyl (C=O) groups excluding carboxylic acids is 1. The van der Waals surface area contributed by atoms with Crippen LogP contribution in [0.2, 0.25) is 0 Å². The van der Waals surface area contributed by atoms with E-state index in [1.54, 1.807) is 0 Å². The molecule has 0 radical (unpaired) electrons. The molecule has 2 fully saturated rings. The van der Waals surface area contributed by atoms with E-state index in [2.05, 4.69) is 5.32 Å². The molecule has 2 heterocycles. The molecule has 4 heteroatoms. The summed E-state index contributed by atoms with van der Waals surface area (Å²) >= 11 is 0. The fraction of sp³-hybridized carbons (Fsp3) is 0.417. The van der Waals surface area contributed by atoms with Crippen molar-refractivity contribution in [1.82, 2.24) is 5.32 Å². The Morgan fingerprint density at radius 3 is 2.88 bits per heavy atom. The minimum atomic E-state index is -0.270. The molecular formula is C12H13NO3. The van der Waals surface area contributed by atoms with E-state index in [9.17, 15) is 4.79 Å². The van der Waals surface area contributed by atoms with Crippen LogP contribution in [0, 0.1) is 0 Å². The zero-order chi connectivity index (χ0) is 11.0. The molecule has 1 aromatic carbocycles. The van der Waals surface area contributed by atoms with Crippen molar-refractivity contribution in [3.63, 3.8) is 0 Å². The summed E-state index contributed by atoms with van der Waals surface area (Å²) in [5.74, 6) is -0.214. The van der Waals surface area contributed by atoms with Crippen LogP contribution in [0.1, 0.15) is 5.56 Å². The van der Waals surface area contributed by atoms with E-state index in [-0.39, 0.29) is 24.2 Å². The number of rotatable bonds is 3. The summed E-state index contributed by atoms with van der Waals surface area (Å²) < 4.78 is 10.5. The lowest BCUT2D eigenvalue weighted by Gasteiger charge is -2.11. The lowest BCUT2D eigenvalue weighted by Crippen LogP contribution is -2.38. The Labute approximate surface area is 93.5 Å². The molecular weight excluding hydrogens is 206 g/mol. The highest BCUT2D eigenvalue weighted by atomic mass is 16.6. The van der Waals surface area contributed by atoms with Crippen LogP contribution in [0.15, 0.2) is 30.3 Å². The highest BCUT2D eigenvalue weighted by molar-refractivity contribution is 5.78. The minimum absolute atomic E-state index is 0.0447. The normalized spacial score (nSPS) is 30.9. The van der Waals surface area contributed by atoms with Crippen LogP contribution in [0.4, 0.5) is 0 Å². The fourth-order valence-electron chi connectivity index (χ4n) is 2.01. The van der Waals surface area contributed by atoms with Crippen LogP contribution in [0.25, 0.3) is 0 Å². The van der Waals surface area contributed by atoms with E-state index in [0.717, 1.165) is 12.1 Å². The largest absolute Gasteiger partial charge is 0.460 e. The molecule has 16 heavy (non-hydrogen) atoms. The topological polar surface area (TPSA) is 50.9 Å². The fourth-order valence-corrected chi connectivity index (χ4v) is 2.01. The van der Waals surface area contributed by atoms with Crippen LogP contribution in [-0.2, 0) is 20.9 Å². The lowest BCUT2D eigenvalue weighted by atomic mass is 10.2. The van der Waals surface area contributed by atoms with Crippen molar-refractivity contribution in [3.8, 4) is 0 Å². The Morgan fingerprint density at radius 2 is 2.25 bits per heavy atom. The molecule has 0 aromatic heterocycles. The van der Waals surface area contributed by atoms with Gasteiger partial charge in [0.15, 0.2) is 0 Å². The third-order valence-electron chi connectivity index (χ3n) is 2.97. The summed E-state index contributed by atoms with van der Waals surface area (Å²) in [6.45, 7) is 1.09. The van der Waals surface area contributed by atoms with Crippen molar-refractivity contribution in [2.75, 3.05) is 6.54 Å². The molecule has 0 saturated carbocycles. The molecule has 2 saturated heterocycles. The highest BCUT2D eigenvalue weighted by Crippen LogP contribution is 2.30. The number of hydrogen-bond acceptors (Lipinski definition) is 4. The Hall–Kier alpha value is -1.39. The van der Waals surface area contributed by atoms with Gasteiger partial charge in [0.2, 0.25) is 0 Å². The van der Waals surface area contributed by atoms with Crippen LogP contribution in [-0.4, -0.2) is 30.8 Å². The third kappa shape index (κ3) is 1.81. The molecule has 84 valence electrons. The number of nitrogens with one attached hydrogen (secondary N) is 1. The van der Waals surface area contributed by atoms with Crippen molar-refractivity contribution >= 4 is 5.97 Å². The van der Waals surface area contributed by atoms with Crippen molar-refractivity contribution in [3.05, 3.63) is 35.9 Å². The van der Waals surface area contributed by atoms with Gasteiger partial charge < -0.3 is 9.47 Å². The summed E-state index contributed by atoms with van der Waals surface area (Å²) in [6, 6.07) is 9.40. The minimum Gasteiger partial charge on any atom is -0.460 e. The lowest BCUT2D eigenvalue weighted by molar-refractivity contribution is -0.147. The molecule has 1 N–H and O–H groups in total. The average Bonchev–Trinajstić information content (AvgIpc) is 2.99. The van der Waals surface area contributed by atoms with Gasteiger partial charge in [-0.2, -0.15) is 0 Å². The van der Waals surface area contributed by atoms with Gasteiger partial charge in [-0.3, -0.25) is 10.1 Å². The number of ether oxygens (including phenoxy) is 2. The molecule has 2 aliphatic rings. The first-order chi connectivity index (χ1) is 7.84. The molecule has 3 unspecified atom stereocenters. The molecule has 1 aromatic rings. The Balaban J connectivity index is 1.53. The Kier molecular flexibility index (Phi) is 2.38. The molecule has 0 bridgehead atoms. The molecule has 0 amide bonds. The van der Waals surface area contributed by atoms with Gasteiger partial charge in [-0.05, 0) is 5.56 Å². The zero-order valence-corrected chi connectivity index (χ0v) is 8.76. The predicted molar refractivity (Wildman–Crippen MR) is 56.7 cm³/mol. The van der Waals surface area contributed by atoms with E-state index in [1.165, 1.54) is 0 Å². The summed E-state index contributed by atoms with van der Waals surface area (Å²) in [6.07, 6.45) is 0.276. The number of hydrogen-bond donors (Lipinski definition) is 1. The molecule has 0 spiro atoms. The second kappa shape index (κ2) is 3.88. The molecule has 3 rings (SSSR count). The first-order valence-electron chi connectivity index (χ1n) is 5.44. The summed E-state index contributed by atoms with van der Waals surface area (Å²) in [7, 11) is 0. The van der Waals surface area contributed by atoms with Crippen molar-refractivity contribution in [2.24, 2.45) is 0 Å². The van der Waals surface area contributed by atoms with E-state index < -0.39 is 0 Å². The monoisotopic (exact) mass is 219 g/mol. The second-order valence-electron chi connectivity index (χ2n) is 4.12. The van der Waals surface area contributed by atoms with Gasteiger partial charge >= 0.3 is 5.97 Å². The average molecular weight is 219 g/mol. The van der Waals surface area contributed by atoms with Crippen molar-refractivity contribution in [1.29, 1.82) is 0 Å². The maximum absolute atomic E-state index is 11.7. The van der Waals surface area contributed by atoms with E-state index in [4.69, 9.17) is 9.47 Å². The van der Waals surface area contributed by atoms with Gasteiger partial charge in [-0.1, -0.05) is 30.3 Å². The van der Waals surface area contributed by atoms with Crippen LogP contribution < -0.4 is 5.32 Å². The molecule has 2 aliphatic heterocycles. The smallest absolute Gasteiger partial charge is 0.326 e. The summed E-state index contributed by atoms with van der Waals surface area (Å²) in [4.78, 5) is 11.7. The number of carbonyl (C=O) groups is 1. The predicted octanol–water partition coefficient (Wildman–Crippen LogP) is 0.469. The van der Waals surface area contributed by atoms with E-state index in [0.29, 0.717) is 6.61 Å². The third-order valence-corrected chi connectivity index (χ3v) is 2.97. The Morgan fingerprint density at radius 1 is 1.44 bits per heavy atom. The van der Waals surface area contributed by atoms with Crippen LogP contribution >= 0.6 is 0 Å². The first kappa shape index (κ1) is 9.81. The van der Waals surface area contributed by atoms with Gasteiger partial charge in [0.05, 0.1) is 6.10 Å². The molecule has 4 nitrogen and oxygen atoms in total. The zero-order valence-electron chi connectivity index (χ0n) is 8.76. The number of fused-ring (bicyclic) bond motifs is 1. The first-order valence-corrected chi connectivity index (χ1v) is 5.44. The highest BCUT2D eigenvalue weighted by Gasteiger charge is 2.53. The number of esters is 1. The molecule has 0 aliphatic carbocycles. The Bertz CT molecular complexity index is 393. The maximum Gasteiger partial charge on any atom is 0.326 e.